The van der Waals surface area contributed by atoms with Crippen LogP contribution in [-0.2, 0) is 9.57 Å². The number of carbonyl (C=O) groups excluding carboxylic acids is 1. The summed E-state index contributed by atoms with van der Waals surface area (Å²) in [5, 5.41) is 17.7. The van der Waals surface area contributed by atoms with E-state index in [4.69, 9.17) is 19.4 Å². The molecule has 9 heteroatoms. The van der Waals surface area contributed by atoms with Gasteiger partial charge in [-0.25, -0.2) is 0 Å². The van der Waals surface area contributed by atoms with Gasteiger partial charge in [-0.15, -0.1) is 0 Å². The van der Waals surface area contributed by atoms with Crippen LogP contribution < -0.4 is 15.4 Å². The molecule has 0 aliphatic carbocycles. The molecular weight excluding hydrogens is 460 g/mol. The van der Waals surface area contributed by atoms with Crippen molar-refractivity contribution in [2.24, 2.45) is 16.1 Å². The molecule has 0 aliphatic rings. The maximum Gasteiger partial charge on any atom is 0.246 e. The number of carbonyl (C=O) groups is 1. The van der Waals surface area contributed by atoms with Crippen molar-refractivity contribution in [3.05, 3.63) is 29.3 Å². The molecule has 0 bridgehead atoms. The number of aliphatic hydroxyl groups excluding tert-OH is 1. The topological polar surface area (TPSA) is 114 Å². The maximum atomic E-state index is 10.9. The highest BCUT2D eigenvalue weighted by atomic mass is 16.6. The summed E-state index contributed by atoms with van der Waals surface area (Å²) in [6.45, 7) is 13.0. The molecule has 36 heavy (non-hydrogen) atoms. The third-order valence-corrected chi connectivity index (χ3v) is 5.32. The van der Waals surface area contributed by atoms with E-state index in [1.54, 1.807) is 6.07 Å². The van der Waals surface area contributed by atoms with E-state index in [-0.39, 0.29) is 6.10 Å². The van der Waals surface area contributed by atoms with Crippen LogP contribution in [0.5, 0.6) is 5.75 Å². The Morgan fingerprint density at radius 3 is 2.44 bits per heavy atom. The van der Waals surface area contributed by atoms with E-state index in [9.17, 15) is 4.79 Å². The maximum absolute atomic E-state index is 10.9. The van der Waals surface area contributed by atoms with Crippen molar-refractivity contribution in [3.63, 3.8) is 0 Å². The van der Waals surface area contributed by atoms with Crippen LogP contribution in [0, 0.1) is 12.8 Å². The first-order valence-corrected chi connectivity index (χ1v) is 12.8. The van der Waals surface area contributed by atoms with Crippen molar-refractivity contribution in [2.45, 2.75) is 59.0 Å². The summed E-state index contributed by atoms with van der Waals surface area (Å²) < 4.78 is 11.4. The van der Waals surface area contributed by atoms with E-state index in [2.05, 4.69) is 27.5 Å². The molecule has 0 spiro atoms. The summed E-state index contributed by atoms with van der Waals surface area (Å²) in [6, 6.07) is 5.55. The number of rotatable bonds is 19. The second kappa shape index (κ2) is 23.1. The lowest BCUT2D eigenvalue weighted by atomic mass is 9.96. The summed E-state index contributed by atoms with van der Waals surface area (Å²) >= 11 is 0. The Hall–Kier alpha value is -2.33. The molecule has 1 unspecified atom stereocenters. The SMILES string of the molecule is C=NOC(COC(C)C)=NCCC(CCCOc1ccc(C=O)c(C)c1)CCNC.CNCCCO. The molecule has 0 amide bonds. The number of nitrogens with one attached hydrogen (secondary N) is 2. The highest BCUT2D eigenvalue weighted by Crippen LogP contribution is 2.19. The van der Waals surface area contributed by atoms with E-state index in [1.165, 1.54) is 0 Å². The number of ether oxygens (including phenoxy) is 2. The number of nitrogens with zero attached hydrogens (tertiary/aromatic N) is 2. The lowest BCUT2D eigenvalue weighted by molar-refractivity contribution is 0.0965. The Labute approximate surface area is 217 Å². The number of aldehydes is 1. The molecule has 0 radical (unpaired) electrons. The van der Waals surface area contributed by atoms with Gasteiger partial charge in [-0.05, 0) is 110 Å². The highest BCUT2D eigenvalue weighted by Gasteiger charge is 2.10. The van der Waals surface area contributed by atoms with Gasteiger partial charge in [-0.1, -0.05) is 5.16 Å². The fourth-order valence-corrected chi connectivity index (χ4v) is 3.25. The van der Waals surface area contributed by atoms with Gasteiger partial charge in [0.25, 0.3) is 0 Å². The third kappa shape index (κ3) is 18.0. The zero-order valence-electron chi connectivity index (χ0n) is 22.9. The Bertz CT molecular complexity index is 724. The molecule has 3 N–H and O–H groups in total. The number of hydrogen-bond acceptors (Lipinski definition) is 9. The predicted molar refractivity (Wildman–Crippen MR) is 148 cm³/mol. The number of benzene rings is 1. The number of oxime groups is 1. The first-order valence-electron chi connectivity index (χ1n) is 12.8. The van der Waals surface area contributed by atoms with Gasteiger partial charge in [0.05, 0.1) is 12.7 Å². The van der Waals surface area contributed by atoms with Gasteiger partial charge < -0.3 is 30.1 Å². The minimum Gasteiger partial charge on any atom is -0.494 e. The molecule has 206 valence electrons. The molecule has 1 aromatic carbocycles. The van der Waals surface area contributed by atoms with Crippen LogP contribution in [0.25, 0.3) is 0 Å². The Balaban J connectivity index is 0.00000181. The molecule has 1 aromatic rings. The standard InChI is InChI=1S/C23H37N3O4.C4H11NO/c1-18(2)29-17-23(30-25-5)26-13-11-20(10-12-24-4)7-6-14-28-22-9-8-21(16-27)19(3)15-22;1-5-3-2-4-6/h8-9,15-16,18,20,24H,5-7,10-14,17H2,1-4H3;5-6H,2-4H2,1H3. The number of aryl methyl sites for hydroxylation is 1. The first-order chi connectivity index (χ1) is 17.4. The molecule has 0 saturated carbocycles. The normalized spacial score (nSPS) is 12.0. The average molecular weight is 509 g/mol. The van der Waals surface area contributed by atoms with E-state index < -0.39 is 0 Å². The fourth-order valence-electron chi connectivity index (χ4n) is 3.25. The van der Waals surface area contributed by atoms with Gasteiger partial charge in [-0.2, -0.15) is 0 Å². The molecule has 0 heterocycles. The molecule has 0 aromatic heterocycles. The molecule has 0 fully saturated rings. The monoisotopic (exact) mass is 508 g/mol. The van der Waals surface area contributed by atoms with Crippen molar-refractivity contribution >= 4 is 18.9 Å². The van der Waals surface area contributed by atoms with Crippen molar-refractivity contribution in [3.8, 4) is 5.75 Å². The zero-order chi connectivity index (χ0) is 27.0. The quantitative estimate of drug-likeness (QED) is 0.0860. The molecule has 1 rings (SSSR count). The minimum absolute atomic E-state index is 0.102. The van der Waals surface area contributed by atoms with Crippen molar-refractivity contribution in [2.75, 3.05) is 53.6 Å². The lowest BCUT2D eigenvalue weighted by Gasteiger charge is -2.16. The summed E-state index contributed by atoms with van der Waals surface area (Å²) in [5.41, 5.74) is 1.63. The molecule has 9 nitrogen and oxygen atoms in total. The smallest absolute Gasteiger partial charge is 0.246 e. The highest BCUT2D eigenvalue weighted by molar-refractivity contribution is 5.77. The second-order valence-electron chi connectivity index (χ2n) is 8.71. The van der Waals surface area contributed by atoms with E-state index in [0.717, 1.165) is 62.8 Å². The van der Waals surface area contributed by atoms with Crippen LogP contribution in [0.3, 0.4) is 0 Å². The molecular formula is C27H48N4O5. The zero-order valence-corrected chi connectivity index (χ0v) is 22.9. The van der Waals surface area contributed by atoms with Gasteiger partial charge in [0.15, 0.2) is 0 Å². The van der Waals surface area contributed by atoms with Crippen LogP contribution in [0.2, 0.25) is 0 Å². The van der Waals surface area contributed by atoms with Gasteiger partial charge in [0.2, 0.25) is 5.90 Å². The van der Waals surface area contributed by atoms with Crippen molar-refractivity contribution in [1.29, 1.82) is 0 Å². The van der Waals surface area contributed by atoms with Crippen LogP contribution in [-0.4, -0.2) is 83.7 Å². The van der Waals surface area contributed by atoms with Gasteiger partial charge in [0.1, 0.15) is 18.6 Å². The Kier molecular flexibility index (Phi) is 21.6. The van der Waals surface area contributed by atoms with Crippen LogP contribution in [0.15, 0.2) is 28.3 Å². The van der Waals surface area contributed by atoms with E-state index in [0.29, 0.717) is 43.7 Å². The molecule has 0 saturated heterocycles. The largest absolute Gasteiger partial charge is 0.494 e. The summed E-state index contributed by atoms with van der Waals surface area (Å²) in [4.78, 5) is 20.5. The molecule has 0 aliphatic heterocycles. The average Bonchev–Trinajstić information content (AvgIpc) is 2.87. The Morgan fingerprint density at radius 1 is 1.14 bits per heavy atom. The van der Waals surface area contributed by atoms with Crippen molar-refractivity contribution in [1.82, 2.24) is 10.6 Å². The summed E-state index contributed by atoms with van der Waals surface area (Å²) in [5.74, 6) is 1.80. The van der Waals surface area contributed by atoms with E-state index in [1.807, 2.05) is 47.0 Å². The van der Waals surface area contributed by atoms with Crippen molar-refractivity contribution < 1.29 is 24.2 Å². The third-order valence-electron chi connectivity index (χ3n) is 5.32. The number of hydrogen-bond donors (Lipinski definition) is 3. The molecule has 1 atom stereocenters. The summed E-state index contributed by atoms with van der Waals surface area (Å²) in [7, 11) is 3.84. The van der Waals surface area contributed by atoms with E-state index >= 15 is 0 Å². The summed E-state index contributed by atoms with van der Waals surface area (Å²) in [6.07, 6.45) is 5.88. The van der Waals surface area contributed by atoms with Crippen LogP contribution in [0.1, 0.15) is 61.9 Å². The number of aliphatic hydroxyl groups is 1. The van der Waals surface area contributed by atoms with Gasteiger partial charge in [-0.3, -0.25) is 9.79 Å². The Morgan fingerprint density at radius 2 is 1.89 bits per heavy atom. The lowest BCUT2D eigenvalue weighted by Crippen LogP contribution is -2.17. The van der Waals surface area contributed by atoms with Gasteiger partial charge >= 0.3 is 0 Å². The minimum atomic E-state index is 0.102. The predicted octanol–water partition coefficient (Wildman–Crippen LogP) is 3.63. The second-order valence-corrected chi connectivity index (χ2v) is 8.71. The first kappa shape index (κ1) is 33.7. The van der Waals surface area contributed by atoms with Crippen LogP contribution in [0.4, 0.5) is 0 Å². The van der Waals surface area contributed by atoms with Gasteiger partial charge in [0, 0.05) is 25.4 Å². The van der Waals surface area contributed by atoms with Crippen LogP contribution >= 0.6 is 0 Å². The fraction of sp³-hybridized carbons (Fsp3) is 0.667. The number of aliphatic imine (C=N–C) groups is 1.